The highest BCUT2D eigenvalue weighted by molar-refractivity contribution is 6.10. The Hall–Kier alpha value is -1.83. The SMILES string of the molecule is C=C(C(=N)C1=CCC=CCCC1)C(C)C(C)CCN1C=CC(C)C(C)=C1. The van der Waals surface area contributed by atoms with Crippen LogP contribution >= 0.6 is 0 Å². The highest BCUT2D eigenvalue weighted by Crippen LogP contribution is 2.28. The minimum absolute atomic E-state index is 0.335. The van der Waals surface area contributed by atoms with E-state index in [1.165, 1.54) is 11.1 Å². The van der Waals surface area contributed by atoms with Crippen molar-refractivity contribution in [2.45, 2.75) is 59.8 Å². The molecule has 1 aliphatic carbocycles. The van der Waals surface area contributed by atoms with Crippen LogP contribution in [0, 0.1) is 23.2 Å². The zero-order chi connectivity index (χ0) is 19.1. The summed E-state index contributed by atoms with van der Waals surface area (Å²) in [6.45, 7) is 14.3. The van der Waals surface area contributed by atoms with Gasteiger partial charge in [0.15, 0.2) is 0 Å². The first-order chi connectivity index (χ1) is 12.4. The Kier molecular flexibility index (Phi) is 7.68. The van der Waals surface area contributed by atoms with E-state index in [0.29, 0.717) is 23.5 Å². The van der Waals surface area contributed by atoms with Gasteiger partial charge in [0.05, 0.1) is 5.71 Å². The van der Waals surface area contributed by atoms with Gasteiger partial charge in [0.2, 0.25) is 0 Å². The van der Waals surface area contributed by atoms with Crippen LogP contribution in [0.1, 0.15) is 59.8 Å². The van der Waals surface area contributed by atoms with E-state index in [-0.39, 0.29) is 0 Å². The lowest BCUT2D eigenvalue weighted by Gasteiger charge is -2.28. The molecule has 2 rings (SSSR count). The van der Waals surface area contributed by atoms with E-state index in [9.17, 15) is 0 Å². The number of hydrogen-bond donors (Lipinski definition) is 1. The van der Waals surface area contributed by atoms with Crippen molar-refractivity contribution in [3.63, 3.8) is 0 Å². The Morgan fingerprint density at radius 3 is 2.85 bits per heavy atom. The van der Waals surface area contributed by atoms with Crippen LogP contribution in [0.5, 0.6) is 0 Å². The summed E-state index contributed by atoms with van der Waals surface area (Å²) in [5.41, 5.74) is 4.29. The molecule has 0 aromatic carbocycles. The summed E-state index contributed by atoms with van der Waals surface area (Å²) < 4.78 is 0. The van der Waals surface area contributed by atoms with Crippen molar-refractivity contribution in [2.24, 2.45) is 17.8 Å². The first-order valence-corrected chi connectivity index (χ1v) is 10.1. The fourth-order valence-corrected chi connectivity index (χ4v) is 3.50. The molecular weight excluding hydrogens is 316 g/mol. The maximum Gasteiger partial charge on any atom is 0.0597 e. The number of allylic oxidation sites excluding steroid dienone is 7. The van der Waals surface area contributed by atoms with E-state index in [0.717, 1.165) is 44.2 Å². The molecule has 2 aliphatic rings. The lowest BCUT2D eigenvalue weighted by molar-refractivity contribution is 0.360. The van der Waals surface area contributed by atoms with Crippen LogP contribution in [-0.4, -0.2) is 17.2 Å². The molecule has 1 aliphatic heterocycles. The summed E-state index contributed by atoms with van der Waals surface area (Å²) in [6, 6.07) is 0. The average molecular weight is 353 g/mol. The molecule has 3 unspecified atom stereocenters. The van der Waals surface area contributed by atoms with Gasteiger partial charge in [-0.05, 0) is 67.9 Å². The Morgan fingerprint density at radius 1 is 1.35 bits per heavy atom. The van der Waals surface area contributed by atoms with Gasteiger partial charge in [0.25, 0.3) is 0 Å². The molecular formula is C24H36N2. The van der Waals surface area contributed by atoms with E-state index in [4.69, 9.17) is 5.41 Å². The quantitative estimate of drug-likeness (QED) is 0.403. The van der Waals surface area contributed by atoms with E-state index >= 15 is 0 Å². The minimum Gasteiger partial charge on any atom is -0.355 e. The van der Waals surface area contributed by atoms with Crippen molar-refractivity contribution in [3.05, 3.63) is 60.0 Å². The van der Waals surface area contributed by atoms with Crippen molar-refractivity contribution in [1.82, 2.24) is 4.90 Å². The number of rotatable bonds is 7. The zero-order valence-corrected chi connectivity index (χ0v) is 17.1. The van der Waals surface area contributed by atoms with Gasteiger partial charge >= 0.3 is 0 Å². The van der Waals surface area contributed by atoms with Crippen molar-refractivity contribution in [3.8, 4) is 0 Å². The summed E-state index contributed by atoms with van der Waals surface area (Å²) >= 11 is 0. The second-order valence-corrected chi connectivity index (χ2v) is 8.02. The van der Waals surface area contributed by atoms with Crippen LogP contribution in [0.15, 0.2) is 60.0 Å². The van der Waals surface area contributed by atoms with Crippen LogP contribution in [0.4, 0.5) is 0 Å². The van der Waals surface area contributed by atoms with Gasteiger partial charge < -0.3 is 10.3 Å². The maximum atomic E-state index is 8.64. The molecule has 0 aromatic heterocycles. The Balaban J connectivity index is 1.89. The topological polar surface area (TPSA) is 27.1 Å². The van der Waals surface area contributed by atoms with Crippen molar-refractivity contribution in [1.29, 1.82) is 5.41 Å². The molecule has 1 heterocycles. The smallest absolute Gasteiger partial charge is 0.0597 e. The summed E-state index contributed by atoms with van der Waals surface area (Å²) in [5.74, 6) is 1.40. The lowest BCUT2D eigenvalue weighted by atomic mass is 9.82. The molecule has 0 saturated carbocycles. The molecule has 1 N–H and O–H groups in total. The Bertz CT molecular complexity index is 633. The normalized spacial score (nSPS) is 22.8. The molecule has 0 saturated heterocycles. The molecule has 0 aromatic rings. The van der Waals surface area contributed by atoms with E-state index in [2.05, 4.69) is 75.9 Å². The predicted octanol–water partition coefficient (Wildman–Crippen LogP) is 6.65. The molecule has 0 fully saturated rings. The molecule has 26 heavy (non-hydrogen) atoms. The third kappa shape index (κ3) is 5.59. The highest BCUT2D eigenvalue weighted by Gasteiger charge is 2.21. The van der Waals surface area contributed by atoms with Crippen molar-refractivity contribution in [2.75, 3.05) is 6.54 Å². The van der Waals surface area contributed by atoms with Gasteiger partial charge in [-0.2, -0.15) is 0 Å². The van der Waals surface area contributed by atoms with Gasteiger partial charge in [-0.25, -0.2) is 0 Å². The summed E-state index contributed by atoms with van der Waals surface area (Å²) in [6.07, 6.45) is 18.7. The molecule has 0 spiro atoms. The van der Waals surface area contributed by atoms with Crippen LogP contribution in [0.2, 0.25) is 0 Å². The standard InChI is InChI=1S/C24H36N2/c1-18-13-15-26(17-20(18)3)16-14-19(2)21(4)22(5)24(25)23-11-9-7-6-8-10-12-23/h6-7,11,13,15,17-19,21,25H,5,8-10,12,14,16H2,1-4H3. The summed E-state index contributed by atoms with van der Waals surface area (Å²) in [4.78, 5) is 2.30. The van der Waals surface area contributed by atoms with Crippen LogP contribution in [0.3, 0.4) is 0 Å². The molecule has 0 radical (unpaired) electrons. The van der Waals surface area contributed by atoms with Gasteiger partial charge in [-0.3, -0.25) is 0 Å². The Morgan fingerprint density at radius 2 is 2.12 bits per heavy atom. The second kappa shape index (κ2) is 9.75. The van der Waals surface area contributed by atoms with Gasteiger partial charge in [-0.15, -0.1) is 0 Å². The average Bonchev–Trinajstić information content (AvgIpc) is 2.60. The van der Waals surface area contributed by atoms with Gasteiger partial charge in [0.1, 0.15) is 0 Å². The molecule has 3 atom stereocenters. The summed E-state index contributed by atoms with van der Waals surface area (Å²) in [7, 11) is 0. The van der Waals surface area contributed by atoms with E-state index in [1.54, 1.807) is 0 Å². The van der Waals surface area contributed by atoms with E-state index in [1.807, 2.05) is 0 Å². The molecule has 142 valence electrons. The van der Waals surface area contributed by atoms with Crippen LogP contribution in [-0.2, 0) is 0 Å². The fourth-order valence-electron chi connectivity index (χ4n) is 3.50. The van der Waals surface area contributed by atoms with Gasteiger partial charge in [0, 0.05) is 18.9 Å². The minimum atomic E-state index is 0.335. The summed E-state index contributed by atoms with van der Waals surface area (Å²) in [5, 5.41) is 8.64. The molecule has 0 bridgehead atoms. The monoisotopic (exact) mass is 352 g/mol. The van der Waals surface area contributed by atoms with Crippen molar-refractivity contribution >= 4 is 5.71 Å². The number of nitrogens with zero attached hydrogens (tertiary/aromatic N) is 1. The molecule has 0 amide bonds. The third-order valence-electron chi connectivity index (χ3n) is 6.03. The van der Waals surface area contributed by atoms with E-state index < -0.39 is 0 Å². The fraction of sp³-hybridized carbons (Fsp3) is 0.542. The second-order valence-electron chi connectivity index (χ2n) is 8.02. The lowest BCUT2D eigenvalue weighted by Crippen LogP contribution is -2.23. The molecule has 2 heteroatoms. The van der Waals surface area contributed by atoms with Crippen molar-refractivity contribution < 1.29 is 0 Å². The maximum absolute atomic E-state index is 8.64. The number of hydrogen-bond acceptors (Lipinski definition) is 2. The third-order valence-corrected chi connectivity index (χ3v) is 6.03. The largest absolute Gasteiger partial charge is 0.355 e. The van der Waals surface area contributed by atoms with Crippen LogP contribution < -0.4 is 0 Å². The number of nitrogens with one attached hydrogen (secondary N) is 1. The Labute approximate surface area is 160 Å². The molecule has 2 nitrogen and oxygen atoms in total. The highest BCUT2D eigenvalue weighted by atomic mass is 15.1. The van der Waals surface area contributed by atoms with Gasteiger partial charge in [-0.1, -0.05) is 57.2 Å². The van der Waals surface area contributed by atoms with Crippen LogP contribution in [0.25, 0.3) is 0 Å². The first kappa shape index (κ1) is 20.5. The predicted molar refractivity (Wildman–Crippen MR) is 114 cm³/mol. The zero-order valence-electron chi connectivity index (χ0n) is 17.1. The first-order valence-electron chi connectivity index (χ1n) is 10.1.